The molecule has 0 heterocycles. The monoisotopic (exact) mass is 694 g/mol. The molecule has 47 heavy (non-hydrogen) atoms. The SMILES string of the molecule is O.O.[NH-]C12CC3CC(CC(C3)C1)C2.[NH-]C12CC3CC(CC(C3)C1)C2.[NH-]C12CC3CC(CC(C3)C1)C2.[NH-]C12CC3CC(CC(C3)C1)C2.[Ni]. The van der Waals surface area contributed by atoms with Gasteiger partial charge in [0.1, 0.15) is 0 Å². The molecule has 16 bridgehead atoms. The van der Waals surface area contributed by atoms with E-state index in [2.05, 4.69) is 0 Å². The Morgan fingerprint density at radius 3 is 0.383 bits per heavy atom. The molecule has 0 aromatic rings. The molecule has 16 rings (SSSR count). The summed E-state index contributed by atoms with van der Waals surface area (Å²) < 4.78 is 0. The second-order valence-corrected chi connectivity index (χ2v) is 20.8. The van der Waals surface area contributed by atoms with E-state index in [4.69, 9.17) is 22.9 Å². The number of nitrogens with one attached hydrogen (secondary N) is 4. The third kappa shape index (κ3) is 7.73. The van der Waals surface area contributed by atoms with Crippen molar-refractivity contribution in [3.8, 4) is 0 Å². The minimum absolute atomic E-state index is 0. The van der Waals surface area contributed by atoms with E-state index in [-0.39, 0.29) is 49.6 Å². The summed E-state index contributed by atoms with van der Waals surface area (Å²) in [6, 6.07) is 0. The van der Waals surface area contributed by atoms with E-state index in [1.54, 1.807) is 0 Å². The summed E-state index contributed by atoms with van der Waals surface area (Å²) in [5.74, 6) is 11.5. The molecule has 6 nitrogen and oxygen atoms in total. The molecule has 0 aliphatic heterocycles. The molecule has 8 N–H and O–H groups in total. The number of hydrogen-bond acceptors (Lipinski definition) is 0. The minimum atomic E-state index is 0. The van der Waals surface area contributed by atoms with Gasteiger partial charge in [-0.15, -0.1) is 22.2 Å². The molecule has 16 aliphatic carbocycles. The van der Waals surface area contributed by atoms with Gasteiger partial charge in [-0.3, -0.25) is 0 Å². The average molecular weight is 696 g/mol. The fraction of sp³-hybridized carbons (Fsp3) is 1.00. The fourth-order valence-corrected chi connectivity index (χ4v) is 16.4. The van der Waals surface area contributed by atoms with E-state index in [0.29, 0.717) is 0 Å². The summed E-state index contributed by atoms with van der Waals surface area (Å²) in [6.07, 6.45) is 32.5. The Kier molecular flexibility index (Phi) is 10.5. The molecule has 274 valence electrons. The van der Waals surface area contributed by atoms with Crippen LogP contribution in [0.25, 0.3) is 22.9 Å². The van der Waals surface area contributed by atoms with Gasteiger partial charge in [-0.1, -0.05) is 77.0 Å². The summed E-state index contributed by atoms with van der Waals surface area (Å²) in [5, 5.41) is 0. The van der Waals surface area contributed by atoms with Crippen LogP contribution < -0.4 is 0 Å². The molecule has 16 saturated carbocycles. The molecule has 0 unspecified atom stereocenters. The van der Waals surface area contributed by atoms with Gasteiger partial charge in [-0.25, -0.2) is 0 Å². The summed E-state index contributed by atoms with van der Waals surface area (Å²) >= 11 is 0. The molecule has 7 heteroatoms. The van der Waals surface area contributed by atoms with Crippen molar-refractivity contribution in [1.82, 2.24) is 0 Å². The van der Waals surface area contributed by atoms with E-state index in [0.717, 1.165) is 71.0 Å². The normalized spacial score (nSPS) is 56.4. The molecule has 0 saturated heterocycles. The van der Waals surface area contributed by atoms with Crippen LogP contribution in [0.1, 0.15) is 154 Å². The summed E-state index contributed by atoms with van der Waals surface area (Å²) in [5.41, 5.74) is 33.0. The Morgan fingerprint density at radius 1 is 0.234 bits per heavy atom. The zero-order valence-corrected chi connectivity index (χ0v) is 30.2. The molecule has 16 aliphatic rings. The van der Waals surface area contributed by atoms with Crippen LogP contribution in [0.2, 0.25) is 0 Å². The van der Waals surface area contributed by atoms with Crippen molar-refractivity contribution in [1.29, 1.82) is 0 Å². The Bertz CT molecular complexity index is 787. The average Bonchev–Trinajstić information content (AvgIpc) is 2.84. The van der Waals surface area contributed by atoms with E-state index in [1.165, 1.54) is 154 Å². The third-order valence-electron chi connectivity index (χ3n) is 16.2. The largest absolute Gasteiger partial charge is 0.672 e. The van der Waals surface area contributed by atoms with Gasteiger partial charge in [0.25, 0.3) is 0 Å². The first-order valence-corrected chi connectivity index (χ1v) is 19.9. The predicted molar refractivity (Wildman–Crippen MR) is 188 cm³/mol. The fourth-order valence-electron chi connectivity index (χ4n) is 16.4. The number of rotatable bonds is 0. The molecule has 0 atom stereocenters. The molecule has 0 aromatic carbocycles. The molecular formula is C40H68N4NiO2-4. The van der Waals surface area contributed by atoms with Gasteiger partial charge in [0, 0.05) is 16.5 Å². The molecule has 0 spiro atoms. The van der Waals surface area contributed by atoms with Gasteiger partial charge in [0.15, 0.2) is 0 Å². The van der Waals surface area contributed by atoms with Crippen LogP contribution in [0.4, 0.5) is 0 Å². The van der Waals surface area contributed by atoms with Crippen LogP contribution in [-0.4, -0.2) is 33.1 Å². The van der Waals surface area contributed by atoms with E-state index >= 15 is 0 Å². The maximum absolute atomic E-state index is 8.21. The molecule has 0 amide bonds. The van der Waals surface area contributed by atoms with Crippen LogP contribution in [0.5, 0.6) is 0 Å². The predicted octanol–water partition coefficient (Wildman–Crippen LogP) is 10.4. The maximum atomic E-state index is 8.21. The summed E-state index contributed by atoms with van der Waals surface area (Å²) in [7, 11) is 0. The standard InChI is InChI=1S/4C10H16N.Ni.2H2O/c4*11-10-4-7-1-8(5-10)3-9(2-7)6-10;;;/h4*7-9,11H,1-6H2;;2*1H2/q4*-1;;;. The summed E-state index contributed by atoms with van der Waals surface area (Å²) in [4.78, 5) is 0. The van der Waals surface area contributed by atoms with Crippen molar-refractivity contribution in [3.05, 3.63) is 22.9 Å². The van der Waals surface area contributed by atoms with Gasteiger partial charge in [0.05, 0.1) is 0 Å². The van der Waals surface area contributed by atoms with Crippen molar-refractivity contribution in [2.24, 2.45) is 71.0 Å². The zero-order chi connectivity index (χ0) is 29.9. The Balaban J connectivity index is 0.000000107. The maximum Gasteiger partial charge on any atom is 0 e. The van der Waals surface area contributed by atoms with Crippen molar-refractivity contribution in [2.75, 3.05) is 0 Å². The third-order valence-corrected chi connectivity index (χ3v) is 16.2. The van der Waals surface area contributed by atoms with Crippen molar-refractivity contribution in [3.63, 3.8) is 0 Å². The Labute approximate surface area is 296 Å². The van der Waals surface area contributed by atoms with Crippen LogP contribution >= 0.6 is 0 Å². The van der Waals surface area contributed by atoms with Crippen LogP contribution in [0.15, 0.2) is 0 Å². The first-order chi connectivity index (χ1) is 20.9. The van der Waals surface area contributed by atoms with Gasteiger partial charge in [0.2, 0.25) is 0 Å². The first-order valence-electron chi connectivity index (χ1n) is 19.9. The second kappa shape index (κ2) is 13.3. The topological polar surface area (TPSA) is 158 Å². The minimum Gasteiger partial charge on any atom is -0.672 e. The van der Waals surface area contributed by atoms with Gasteiger partial charge >= 0.3 is 0 Å². The quantitative estimate of drug-likeness (QED) is 0.221. The molecule has 16 fully saturated rings. The Morgan fingerprint density at radius 2 is 0.319 bits per heavy atom. The van der Waals surface area contributed by atoms with Gasteiger partial charge < -0.3 is 33.9 Å². The van der Waals surface area contributed by atoms with Crippen molar-refractivity contribution >= 4 is 0 Å². The smallest absolute Gasteiger partial charge is 0 e. The van der Waals surface area contributed by atoms with Gasteiger partial charge in [-0.2, -0.15) is 0 Å². The zero-order valence-electron chi connectivity index (χ0n) is 29.2. The van der Waals surface area contributed by atoms with Crippen molar-refractivity contribution < 1.29 is 27.4 Å². The molecule has 0 aromatic heterocycles. The van der Waals surface area contributed by atoms with E-state index in [1.807, 2.05) is 0 Å². The first kappa shape index (κ1) is 37.0. The Hall–Kier alpha value is 0.254. The second-order valence-electron chi connectivity index (χ2n) is 20.8. The number of hydrogen-bond donors (Lipinski definition) is 0. The van der Waals surface area contributed by atoms with Crippen LogP contribution in [0.3, 0.4) is 0 Å². The van der Waals surface area contributed by atoms with Crippen LogP contribution in [-0.2, 0) is 16.5 Å². The summed E-state index contributed by atoms with van der Waals surface area (Å²) in [6.45, 7) is 0. The van der Waals surface area contributed by atoms with Crippen LogP contribution in [0, 0.1) is 71.0 Å². The molecule has 0 radical (unpaired) electrons. The van der Waals surface area contributed by atoms with E-state index < -0.39 is 0 Å². The van der Waals surface area contributed by atoms with E-state index in [9.17, 15) is 0 Å². The van der Waals surface area contributed by atoms with Gasteiger partial charge in [-0.05, 0) is 148 Å². The van der Waals surface area contributed by atoms with Crippen molar-refractivity contribution in [2.45, 2.75) is 176 Å². The molecular weight excluding hydrogens is 627 g/mol.